The number of benzene rings is 1. The topological polar surface area (TPSA) is 135 Å². The number of carboxylic acids is 2. The molecule has 98 valence electrons. The van der Waals surface area contributed by atoms with Crippen molar-refractivity contribution in [3.05, 3.63) is 28.3 Å². The van der Waals surface area contributed by atoms with Crippen LogP contribution in [0.5, 0.6) is 0 Å². The van der Waals surface area contributed by atoms with Crippen molar-refractivity contribution in [1.82, 2.24) is 0 Å². The Hall–Kier alpha value is 0.0700. The van der Waals surface area contributed by atoms with E-state index in [0.717, 1.165) is 6.07 Å². The smallest absolute Gasteiger partial charge is 0.545 e. The molecule has 10 heteroatoms. The minimum Gasteiger partial charge on any atom is -0.545 e. The van der Waals surface area contributed by atoms with Gasteiger partial charge in [0.15, 0.2) is 0 Å². The van der Waals surface area contributed by atoms with E-state index in [-0.39, 0.29) is 70.2 Å². The quantitative estimate of drug-likeness (QED) is 0.432. The van der Waals surface area contributed by atoms with Gasteiger partial charge in [0.05, 0.1) is 11.9 Å². The van der Waals surface area contributed by atoms with E-state index in [1.54, 1.807) is 0 Å². The molecule has 1 rings (SSSR count). The van der Waals surface area contributed by atoms with Gasteiger partial charge in [-0.15, -0.1) is 0 Å². The molecular weight excluding hydrogens is 310 g/mol. The van der Waals surface area contributed by atoms with Gasteiger partial charge >= 0.3 is 59.1 Å². The Balaban J connectivity index is 0. The molecule has 0 unspecified atom stereocenters. The van der Waals surface area contributed by atoms with Gasteiger partial charge in [-0.3, -0.25) is 4.55 Å². The first kappa shape index (κ1) is 22.4. The van der Waals surface area contributed by atoms with Crippen LogP contribution < -0.4 is 69.3 Å². The summed E-state index contributed by atoms with van der Waals surface area (Å²) < 4.78 is 31.2. The second-order valence-corrected chi connectivity index (χ2v) is 4.98. The fourth-order valence-corrected chi connectivity index (χ4v) is 2.47. The number of hydrogen-bond acceptors (Lipinski definition) is 6. The van der Waals surface area contributed by atoms with Crippen molar-refractivity contribution in [2.45, 2.75) is 18.7 Å². The van der Waals surface area contributed by atoms with Gasteiger partial charge in [0.25, 0.3) is 10.1 Å². The fourth-order valence-electron chi connectivity index (χ4n) is 1.56. The third-order valence-corrected chi connectivity index (χ3v) is 3.42. The zero-order valence-electron chi connectivity index (χ0n) is 11.4. The molecule has 1 aromatic rings. The Labute approximate surface area is 159 Å². The number of carbonyl (C=O) groups is 2. The summed E-state index contributed by atoms with van der Waals surface area (Å²) in [5.74, 6) is -3.81. The van der Waals surface area contributed by atoms with E-state index in [1.165, 1.54) is 13.8 Å². The van der Waals surface area contributed by atoms with Gasteiger partial charge in [0.1, 0.15) is 4.90 Å². The van der Waals surface area contributed by atoms with Gasteiger partial charge < -0.3 is 19.8 Å². The van der Waals surface area contributed by atoms with E-state index in [2.05, 4.69) is 0 Å². The average Bonchev–Trinajstić information content (AvgIpc) is 2.18. The average molecular weight is 318 g/mol. The second-order valence-electron chi connectivity index (χ2n) is 3.62. The number of aryl methyl sites for hydroxylation is 1. The van der Waals surface area contributed by atoms with E-state index in [9.17, 15) is 28.2 Å². The Kier molecular flexibility index (Phi) is 8.83. The van der Waals surface area contributed by atoms with E-state index in [1.807, 2.05) is 0 Å². The normalized spacial score (nSPS) is 10.2. The standard InChI is InChI=1S/C10H10O7S.2Na/c1-4-3-6(9(11)12)8(18(15,16)17)7(5(4)2)10(13)14;;/h3H,1-2H3,(H,11,12)(H,13,14)(H,15,16,17);;/q;2*+1/p-2. The van der Waals surface area contributed by atoms with Gasteiger partial charge in [-0.1, -0.05) is 0 Å². The van der Waals surface area contributed by atoms with Crippen molar-refractivity contribution in [2.75, 3.05) is 0 Å². The van der Waals surface area contributed by atoms with Gasteiger partial charge in [-0.05, 0) is 31.0 Å². The summed E-state index contributed by atoms with van der Waals surface area (Å²) in [6.07, 6.45) is 0. The summed E-state index contributed by atoms with van der Waals surface area (Å²) in [6, 6.07) is 0.917. The molecule has 20 heavy (non-hydrogen) atoms. The molecular formula is C10H8Na2O7S. The van der Waals surface area contributed by atoms with Crippen LogP contribution in [0, 0.1) is 13.8 Å². The first-order valence-electron chi connectivity index (χ1n) is 4.61. The third kappa shape index (κ3) is 4.54. The first-order valence-corrected chi connectivity index (χ1v) is 6.05. The van der Waals surface area contributed by atoms with Gasteiger partial charge in [-0.25, -0.2) is 0 Å². The number of aromatic carboxylic acids is 2. The molecule has 0 saturated carbocycles. The van der Waals surface area contributed by atoms with Crippen LogP contribution in [0.25, 0.3) is 0 Å². The van der Waals surface area contributed by atoms with Crippen molar-refractivity contribution in [3.8, 4) is 0 Å². The molecule has 0 aliphatic heterocycles. The van der Waals surface area contributed by atoms with Gasteiger partial charge in [-0.2, -0.15) is 8.42 Å². The minimum atomic E-state index is -5.04. The molecule has 1 N–H and O–H groups in total. The Morgan fingerprint density at radius 2 is 1.55 bits per heavy atom. The summed E-state index contributed by atoms with van der Waals surface area (Å²) in [4.78, 5) is 20.5. The van der Waals surface area contributed by atoms with Crippen LogP contribution in [0.3, 0.4) is 0 Å². The van der Waals surface area contributed by atoms with Crippen molar-refractivity contribution in [3.63, 3.8) is 0 Å². The van der Waals surface area contributed by atoms with Crippen LogP contribution >= 0.6 is 0 Å². The Morgan fingerprint density at radius 1 is 1.10 bits per heavy atom. The second kappa shape index (κ2) is 7.90. The number of carbonyl (C=O) groups excluding carboxylic acids is 2. The van der Waals surface area contributed by atoms with Crippen molar-refractivity contribution >= 4 is 22.1 Å². The number of hydrogen-bond donors (Lipinski definition) is 1. The fraction of sp³-hybridized carbons (Fsp3) is 0.200. The maximum absolute atomic E-state index is 11.1. The predicted octanol–water partition coefficient (Wildman–Crippen LogP) is -7.71. The summed E-state index contributed by atoms with van der Waals surface area (Å²) in [7, 11) is -5.04. The van der Waals surface area contributed by atoms with Crippen LogP contribution in [-0.4, -0.2) is 24.9 Å². The van der Waals surface area contributed by atoms with Crippen molar-refractivity contribution in [1.29, 1.82) is 0 Å². The molecule has 0 heterocycles. The molecule has 0 radical (unpaired) electrons. The third-order valence-electron chi connectivity index (χ3n) is 2.48. The van der Waals surface area contributed by atoms with Crippen LogP contribution in [0.2, 0.25) is 0 Å². The van der Waals surface area contributed by atoms with Crippen LogP contribution in [0.15, 0.2) is 11.0 Å². The van der Waals surface area contributed by atoms with Gasteiger partial charge in [0.2, 0.25) is 0 Å². The predicted molar refractivity (Wildman–Crippen MR) is 54.4 cm³/mol. The Morgan fingerprint density at radius 3 is 1.85 bits per heavy atom. The molecule has 0 amide bonds. The molecule has 7 nitrogen and oxygen atoms in total. The molecule has 1 aromatic carbocycles. The monoisotopic (exact) mass is 318 g/mol. The molecule has 0 spiro atoms. The van der Waals surface area contributed by atoms with Crippen LogP contribution in [-0.2, 0) is 10.1 Å². The molecule has 0 atom stereocenters. The number of carboxylic acid groups (broad SMARTS) is 2. The molecule has 0 aliphatic carbocycles. The maximum atomic E-state index is 11.1. The molecule has 0 aliphatic rings. The largest absolute Gasteiger partial charge is 1.00 e. The minimum absolute atomic E-state index is 0. The first-order chi connectivity index (χ1) is 8.07. The zero-order valence-corrected chi connectivity index (χ0v) is 16.2. The van der Waals surface area contributed by atoms with Gasteiger partial charge in [0, 0.05) is 11.1 Å². The SMILES string of the molecule is Cc1cc(C(=O)[O-])c(S(=O)(=O)O)c(C(=O)[O-])c1C.[Na+].[Na+]. The summed E-state index contributed by atoms with van der Waals surface area (Å²) >= 11 is 0. The van der Waals surface area contributed by atoms with E-state index >= 15 is 0 Å². The van der Waals surface area contributed by atoms with E-state index in [0.29, 0.717) is 0 Å². The van der Waals surface area contributed by atoms with E-state index < -0.39 is 38.1 Å². The Bertz CT molecular complexity index is 652. The van der Waals surface area contributed by atoms with E-state index in [4.69, 9.17) is 4.55 Å². The summed E-state index contributed by atoms with van der Waals surface area (Å²) in [5.41, 5.74) is -1.58. The van der Waals surface area contributed by atoms with Crippen LogP contribution in [0.4, 0.5) is 0 Å². The summed E-state index contributed by atoms with van der Waals surface area (Å²) in [5, 5.41) is 21.7. The van der Waals surface area contributed by atoms with Crippen molar-refractivity contribution in [2.24, 2.45) is 0 Å². The maximum Gasteiger partial charge on any atom is 1.00 e. The zero-order chi connectivity index (χ0) is 14.2. The molecule has 0 bridgehead atoms. The molecule has 0 aromatic heterocycles. The summed E-state index contributed by atoms with van der Waals surface area (Å²) in [6.45, 7) is 2.66. The molecule has 0 saturated heterocycles. The number of rotatable bonds is 3. The van der Waals surface area contributed by atoms with Crippen LogP contribution in [0.1, 0.15) is 31.8 Å². The van der Waals surface area contributed by atoms with Crippen molar-refractivity contribution < 1.29 is 91.9 Å². The molecule has 0 fully saturated rings.